The van der Waals surface area contributed by atoms with Gasteiger partial charge in [0.1, 0.15) is 6.04 Å². The zero-order valence-corrected chi connectivity index (χ0v) is 11.1. The Labute approximate surface area is 120 Å². The molecular formula is C13H14N6O2. The first-order valence-corrected chi connectivity index (χ1v) is 6.41. The van der Waals surface area contributed by atoms with Gasteiger partial charge in [-0.25, -0.2) is 0 Å². The van der Waals surface area contributed by atoms with Crippen LogP contribution in [0.5, 0.6) is 0 Å². The van der Waals surface area contributed by atoms with Crippen LogP contribution >= 0.6 is 0 Å². The fraction of sp³-hybridized carbons (Fsp3) is 0.231. The molecule has 0 unspecified atom stereocenters. The maximum atomic E-state index is 12.5. The van der Waals surface area contributed by atoms with Crippen molar-refractivity contribution in [3.05, 3.63) is 41.2 Å². The van der Waals surface area contributed by atoms with Crippen LogP contribution in [0.25, 0.3) is 0 Å². The molecule has 0 fully saturated rings. The van der Waals surface area contributed by atoms with E-state index in [9.17, 15) is 9.59 Å². The molecule has 21 heavy (non-hydrogen) atoms. The molecule has 5 N–H and O–H groups in total. The minimum Gasteiger partial charge on any atom is -0.368 e. The number of fused-ring (bicyclic) bond motifs is 1. The number of H-pyrrole nitrogens is 1. The van der Waals surface area contributed by atoms with Gasteiger partial charge in [-0.3, -0.25) is 14.7 Å². The van der Waals surface area contributed by atoms with Crippen LogP contribution in [-0.2, 0) is 17.8 Å². The van der Waals surface area contributed by atoms with E-state index in [1.165, 1.54) is 4.90 Å². The molecule has 1 aliphatic rings. The first-order chi connectivity index (χ1) is 10.1. The lowest BCUT2D eigenvalue weighted by Crippen LogP contribution is -2.51. The number of carbonyl (C=O) groups is 2. The quantitative estimate of drug-likeness (QED) is 0.681. The zero-order chi connectivity index (χ0) is 15.0. The Morgan fingerprint density at radius 2 is 2.00 bits per heavy atom. The topological polar surface area (TPSA) is 131 Å². The first kappa shape index (κ1) is 13.1. The summed E-state index contributed by atoms with van der Waals surface area (Å²) in [6, 6.07) is 6.92. The number of aromatic nitrogens is 3. The van der Waals surface area contributed by atoms with Crippen molar-refractivity contribution in [2.45, 2.75) is 19.0 Å². The van der Waals surface area contributed by atoms with Crippen molar-refractivity contribution >= 4 is 17.8 Å². The summed E-state index contributed by atoms with van der Waals surface area (Å²) in [5.74, 6) is -1.02. The third-order valence-electron chi connectivity index (χ3n) is 3.54. The molecule has 2 heterocycles. The van der Waals surface area contributed by atoms with Gasteiger partial charge in [-0.15, -0.1) is 5.10 Å². The fourth-order valence-corrected chi connectivity index (χ4v) is 2.50. The van der Waals surface area contributed by atoms with Crippen LogP contribution in [0.1, 0.15) is 21.7 Å². The van der Waals surface area contributed by atoms with Gasteiger partial charge in [0.05, 0.1) is 0 Å². The van der Waals surface area contributed by atoms with Crippen LogP contribution in [0.15, 0.2) is 24.3 Å². The Hall–Kier alpha value is -2.90. The number of anilines is 1. The Morgan fingerprint density at radius 3 is 2.62 bits per heavy atom. The van der Waals surface area contributed by atoms with Crippen molar-refractivity contribution in [3.63, 3.8) is 0 Å². The number of benzene rings is 1. The molecule has 1 atom stereocenters. The van der Waals surface area contributed by atoms with E-state index in [1.807, 2.05) is 24.3 Å². The monoisotopic (exact) mass is 286 g/mol. The molecule has 0 saturated carbocycles. The molecule has 1 aromatic heterocycles. The van der Waals surface area contributed by atoms with Crippen LogP contribution in [0.2, 0.25) is 0 Å². The number of nitrogens with two attached hydrogens (primary N) is 2. The Bertz CT molecular complexity index is 710. The number of amides is 2. The molecular weight excluding hydrogens is 272 g/mol. The molecule has 1 aliphatic heterocycles. The third kappa shape index (κ3) is 2.31. The standard InChI is InChI=1S/C13H14N6O2/c14-10(20)9-5-7-3-1-2-4-8(7)6-19(9)12(21)11-16-13(15)18-17-11/h1-4,9H,5-6H2,(H2,14,20)(H3,15,16,17,18)/t9-/m0/s1. The van der Waals surface area contributed by atoms with Crippen molar-refractivity contribution < 1.29 is 9.59 Å². The Kier molecular flexibility index (Phi) is 3.05. The molecule has 1 aromatic carbocycles. The first-order valence-electron chi connectivity index (χ1n) is 6.41. The number of nitrogens with one attached hydrogen (secondary N) is 1. The van der Waals surface area contributed by atoms with E-state index in [2.05, 4.69) is 15.2 Å². The average Bonchev–Trinajstić information content (AvgIpc) is 2.91. The lowest BCUT2D eigenvalue weighted by atomic mass is 9.93. The van der Waals surface area contributed by atoms with Gasteiger partial charge in [0.15, 0.2) is 0 Å². The van der Waals surface area contributed by atoms with Crippen molar-refractivity contribution in [2.24, 2.45) is 5.73 Å². The van der Waals surface area contributed by atoms with Crippen LogP contribution in [0.4, 0.5) is 5.95 Å². The van der Waals surface area contributed by atoms with E-state index in [1.54, 1.807) is 0 Å². The molecule has 0 bridgehead atoms. The van der Waals surface area contributed by atoms with Gasteiger partial charge in [-0.2, -0.15) is 4.98 Å². The lowest BCUT2D eigenvalue weighted by Gasteiger charge is -2.34. The maximum Gasteiger partial charge on any atom is 0.292 e. The maximum absolute atomic E-state index is 12.5. The van der Waals surface area contributed by atoms with E-state index in [0.717, 1.165) is 11.1 Å². The van der Waals surface area contributed by atoms with Gasteiger partial charge in [0, 0.05) is 13.0 Å². The highest BCUT2D eigenvalue weighted by Crippen LogP contribution is 2.24. The van der Waals surface area contributed by atoms with Gasteiger partial charge < -0.3 is 16.4 Å². The molecule has 0 aliphatic carbocycles. The van der Waals surface area contributed by atoms with Gasteiger partial charge >= 0.3 is 0 Å². The number of primary amides is 1. The summed E-state index contributed by atoms with van der Waals surface area (Å²) in [6.45, 7) is 0.295. The van der Waals surface area contributed by atoms with E-state index in [-0.39, 0.29) is 11.8 Å². The molecule has 0 saturated heterocycles. The van der Waals surface area contributed by atoms with E-state index in [4.69, 9.17) is 11.5 Å². The second-order valence-corrected chi connectivity index (χ2v) is 4.87. The summed E-state index contributed by atoms with van der Waals surface area (Å²) in [7, 11) is 0. The van der Waals surface area contributed by atoms with Gasteiger partial charge in [0.25, 0.3) is 5.91 Å². The second kappa shape index (κ2) is 4.89. The number of rotatable bonds is 2. The second-order valence-electron chi connectivity index (χ2n) is 4.87. The van der Waals surface area contributed by atoms with E-state index in [0.29, 0.717) is 13.0 Å². The summed E-state index contributed by atoms with van der Waals surface area (Å²) >= 11 is 0. The smallest absolute Gasteiger partial charge is 0.292 e. The SMILES string of the molecule is NC(=O)[C@@H]1Cc2ccccc2CN1C(=O)c1nc(N)n[nH]1. The van der Waals surface area contributed by atoms with Crippen LogP contribution < -0.4 is 11.5 Å². The largest absolute Gasteiger partial charge is 0.368 e. The molecule has 2 aromatic rings. The van der Waals surface area contributed by atoms with Crippen molar-refractivity contribution in [3.8, 4) is 0 Å². The molecule has 3 rings (SSSR count). The minimum atomic E-state index is -0.710. The lowest BCUT2D eigenvalue weighted by molar-refractivity contribution is -0.122. The number of nitrogen functional groups attached to an aromatic ring is 1. The van der Waals surface area contributed by atoms with E-state index < -0.39 is 17.9 Å². The van der Waals surface area contributed by atoms with Gasteiger partial charge in [0.2, 0.25) is 17.7 Å². The highest BCUT2D eigenvalue weighted by Gasteiger charge is 2.34. The highest BCUT2D eigenvalue weighted by atomic mass is 16.2. The predicted octanol–water partition coefficient (Wildman–Crippen LogP) is -0.561. The zero-order valence-electron chi connectivity index (χ0n) is 11.1. The molecule has 8 heteroatoms. The van der Waals surface area contributed by atoms with E-state index >= 15 is 0 Å². The van der Waals surface area contributed by atoms with Crippen LogP contribution in [0.3, 0.4) is 0 Å². The minimum absolute atomic E-state index is 0.00173. The average molecular weight is 286 g/mol. The Morgan fingerprint density at radius 1 is 1.29 bits per heavy atom. The summed E-state index contributed by atoms with van der Waals surface area (Å²) < 4.78 is 0. The number of hydrogen-bond donors (Lipinski definition) is 3. The number of hydrogen-bond acceptors (Lipinski definition) is 5. The van der Waals surface area contributed by atoms with Crippen molar-refractivity contribution in [2.75, 3.05) is 5.73 Å². The number of nitrogens with zero attached hydrogens (tertiary/aromatic N) is 3. The molecule has 0 spiro atoms. The molecule has 8 nitrogen and oxygen atoms in total. The van der Waals surface area contributed by atoms with Crippen molar-refractivity contribution in [1.82, 2.24) is 20.1 Å². The fourth-order valence-electron chi connectivity index (χ4n) is 2.50. The molecule has 108 valence electrons. The summed E-state index contributed by atoms with van der Waals surface area (Å²) in [5, 5.41) is 6.08. The normalized spacial score (nSPS) is 17.3. The molecule has 2 amide bonds. The third-order valence-corrected chi connectivity index (χ3v) is 3.54. The van der Waals surface area contributed by atoms with Gasteiger partial charge in [-0.1, -0.05) is 24.3 Å². The van der Waals surface area contributed by atoms with Crippen molar-refractivity contribution in [1.29, 1.82) is 0 Å². The molecule has 0 radical (unpaired) electrons. The number of aromatic amines is 1. The van der Waals surface area contributed by atoms with Crippen LogP contribution in [-0.4, -0.2) is 37.9 Å². The summed E-state index contributed by atoms with van der Waals surface area (Å²) in [6.07, 6.45) is 0.390. The summed E-state index contributed by atoms with van der Waals surface area (Å²) in [5.41, 5.74) is 12.8. The predicted molar refractivity (Wildman–Crippen MR) is 73.8 cm³/mol. The van der Waals surface area contributed by atoms with Gasteiger partial charge in [-0.05, 0) is 11.1 Å². The van der Waals surface area contributed by atoms with Crippen LogP contribution in [0, 0.1) is 0 Å². The highest BCUT2D eigenvalue weighted by molar-refractivity contribution is 5.95. The Balaban J connectivity index is 1.96. The summed E-state index contributed by atoms with van der Waals surface area (Å²) in [4.78, 5) is 29.3. The number of carbonyl (C=O) groups excluding carboxylic acids is 2.